The van der Waals surface area contributed by atoms with E-state index in [4.69, 9.17) is 4.74 Å². The number of benzene rings is 2. The van der Waals surface area contributed by atoms with Crippen LogP contribution < -0.4 is 5.32 Å². The molecule has 0 saturated carbocycles. The maximum Gasteiger partial charge on any atom is 0.342 e. The van der Waals surface area contributed by atoms with Crippen molar-refractivity contribution in [1.29, 1.82) is 0 Å². The van der Waals surface area contributed by atoms with Crippen LogP contribution in [0.25, 0.3) is 0 Å². The van der Waals surface area contributed by atoms with Gasteiger partial charge in [0.1, 0.15) is 17.9 Å². The van der Waals surface area contributed by atoms with E-state index in [9.17, 15) is 19.9 Å². The number of aromatic hydroxyl groups is 1. The molecular weight excluding hydrogens is 420 g/mol. The van der Waals surface area contributed by atoms with Crippen molar-refractivity contribution in [3.05, 3.63) is 71.3 Å². The highest BCUT2D eigenvalue weighted by Crippen LogP contribution is 2.46. The number of carbonyl (C=O) groups excluding carboxylic acids is 2. The zero-order valence-electron chi connectivity index (χ0n) is 19.4. The number of ether oxygens (including phenoxy) is 1. The molecule has 0 atom stereocenters. The highest BCUT2D eigenvalue weighted by atomic mass is 16.5. The van der Waals surface area contributed by atoms with Crippen LogP contribution >= 0.6 is 0 Å². The number of phenols is 1. The number of hydrogen-bond acceptors (Lipinski definition) is 6. The van der Waals surface area contributed by atoms with E-state index in [2.05, 4.69) is 44.7 Å². The molecule has 0 unspecified atom stereocenters. The maximum atomic E-state index is 12.9. The Bertz CT molecular complexity index is 1130. The van der Waals surface area contributed by atoms with Crippen LogP contribution in [0.5, 0.6) is 5.75 Å². The molecule has 0 bridgehead atoms. The number of esters is 1. The molecule has 1 aliphatic rings. The van der Waals surface area contributed by atoms with E-state index in [0.29, 0.717) is 5.56 Å². The monoisotopic (exact) mass is 450 g/mol. The van der Waals surface area contributed by atoms with Gasteiger partial charge in [0.05, 0.1) is 0 Å². The average molecular weight is 451 g/mol. The predicted octanol–water partition coefficient (Wildman–Crippen LogP) is 4.90. The molecule has 0 aliphatic heterocycles. The van der Waals surface area contributed by atoms with Crippen LogP contribution in [-0.4, -0.2) is 34.5 Å². The molecule has 0 heterocycles. The molecule has 3 N–H and O–H groups in total. The third-order valence-electron chi connectivity index (χ3n) is 6.25. The summed E-state index contributed by atoms with van der Waals surface area (Å²) in [5.41, 5.74) is 2.85. The Labute approximate surface area is 193 Å². The third kappa shape index (κ3) is 4.92. The van der Waals surface area contributed by atoms with Crippen molar-refractivity contribution in [1.82, 2.24) is 0 Å². The first-order chi connectivity index (χ1) is 15.5. The number of fused-ring (bicyclic) bond motifs is 1. The molecule has 2 aromatic carbocycles. The zero-order valence-corrected chi connectivity index (χ0v) is 19.4. The van der Waals surface area contributed by atoms with Crippen molar-refractivity contribution in [3.8, 4) is 5.75 Å². The van der Waals surface area contributed by atoms with Gasteiger partial charge in [0.25, 0.3) is 5.91 Å². The molecule has 3 rings (SSSR count). The van der Waals surface area contributed by atoms with Crippen LogP contribution in [0, 0.1) is 0 Å². The van der Waals surface area contributed by atoms with Crippen LogP contribution in [-0.2, 0) is 20.4 Å². The lowest BCUT2D eigenvalue weighted by Gasteiger charge is -2.42. The van der Waals surface area contributed by atoms with E-state index in [1.165, 1.54) is 29.8 Å². The molecule has 33 heavy (non-hydrogen) atoms. The average Bonchev–Trinajstić information content (AvgIpc) is 2.76. The second kappa shape index (κ2) is 9.10. The summed E-state index contributed by atoms with van der Waals surface area (Å²) < 4.78 is 4.91. The predicted molar refractivity (Wildman–Crippen MR) is 127 cm³/mol. The molecule has 7 nitrogen and oxygen atoms in total. The summed E-state index contributed by atoms with van der Waals surface area (Å²) in [5.74, 6) is -1.70. The number of anilines is 1. The molecule has 0 spiro atoms. The van der Waals surface area contributed by atoms with E-state index in [1.807, 2.05) is 12.1 Å². The number of oxime groups is 1. The molecule has 0 fully saturated rings. The minimum atomic E-state index is -0.706. The van der Waals surface area contributed by atoms with E-state index in [0.717, 1.165) is 18.4 Å². The van der Waals surface area contributed by atoms with Crippen LogP contribution in [0.2, 0.25) is 0 Å². The van der Waals surface area contributed by atoms with Crippen molar-refractivity contribution in [2.45, 2.75) is 51.4 Å². The Balaban J connectivity index is 1.85. The fraction of sp³-hybridized carbons (Fsp3) is 0.346. The molecule has 0 aromatic heterocycles. The maximum absolute atomic E-state index is 12.9. The summed E-state index contributed by atoms with van der Waals surface area (Å²) in [5, 5.41) is 25.6. The first-order valence-corrected chi connectivity index (χ1v) is 10.8. The van der Waals surface area contributed by atoms with Gasteiger partial charge in [-0.15, -0.1) is 0 Å². The van der Waals surface area contributed by atoms with Crippen molar-refractivity contribution in [3.63, 3.8) is 0 Å². The number of nitrogens with zero attached hydrogens (tertiary/aromatic N) is 1. The molecule has 1 aliphatic carbocycles. The number of hydrogen-bond donors (Lipinski definition) is 3. The van der Waals surface area contributed by atoms with Gasteiger partial charge in [-0.2, -0.15) is 0 Å². The molecule has 2 aromatic rings. The summed E-state index contributed by atoms with van der Waals surface area (Å²) >= 11 is 0. The molecule has 7 heteroatoms. The van der Waals surface area contributed by atoms with Crippen LogP contribution in [0.3, 0.4) is 0 Å². The Morgan fingerprint density at radius 1 is 1.09 bits per heavy atom. The second-order valence-electron chi connectivity index (χ2n) is 9.55. The van der Waals surface area contributed by atoms with Gasteiger partial charge in [0.15, 0.2) is 5.71 Å². The summed E-state index contributed by atoms with van der Waals surface area (Å²) in [7, 11) is 0. The largest absolute Gasteiger partial charge is 0.507 e. The lowest BCUT2D eigenvalue weighted by Crippen LogP contribution is -2.34. The Morgan fingerprint density at radius 2 is 1.76 bits per heavy atom. The first-order valence-electron chi connectivity index (χ1n) is 10.8. The number of rotatable bonds is 6. The van der Waals surface area contributed by atoms with Crippen molar-refractivity contribution < 1.29 is 24.6 Å². The minimum Gasteiger partial charge on any atom is -0.507 e. The van der Waals surface area contributed by atoms with Gasteiger partial charge in [0, 0.05) is 17.3 Å². The van der Waals surface area contributed by atoms with Gasteiger partial charge in [-0.3, -0.25) is 4.79 Å². The smallest absolute Gasteiger partial charge is 0.342 e. The van der Waals surface area contributed by atoms with Gasteiger partial charge >= 0.3 is 5.97 Å². The van der Waals surface area contributed by atoms with Crippen LogP contribution in [0.1, 0.15) is 67.6 Å². The van der Waals surface area contributed by atoms with Gasteiger partial charge in [-0.1, -0.05) is 57.6 Å². The Morgan fingerprint density at radius 3 is 2.36 bits per heavy atom. The van der Waals surface area contributed by atoms with Crippen molar-refractivity contribution in [2.75, 3.05) is 11.9 Å². The van der Waals surface area contributed by atoms with Gasteiger partial charge in [0.2, 0.25) is 0 Å². The standard InChI is InChI=1S/C26H30N2O5/c1-6-13-33-24(31)18-9-8-17(15-21(18)29)27-23(30)22(28-32)16-7-10-19-20(14-16)26(4,5)12-11-25(19,2)3/h6-10,14-15,29,32H,1,11-13H2,2-5H3,(H,27,30). The quantitative estimate of drug-likeness (QED) is 0.191. The van der Waals surface area contributed by atoms with E-state index in [1.54, 1.807) is 6.07 Å². The molecule has 1 amide bonds. The molecule has 0 radical (unpaired) electrons. The SMILES string of the molecule is C=CCOC(=O)c1ccc(NC(=O)C(=NO)c2ccc3c(c2)C(C)(C)CCC3(C)C)cc1O. The Kier molecular flexibility index (Phi) is 6.63. The van der Waals surface area contributed by atoms with Crippen molar-refractivity contribution in [2.24, 2.45) is 5.16 Å². The topological polar surface area (TPSA) is 108 Å². The lowest BCUT2D eigenvalue weighted by molar-refractivity contribution is -0.110. The number of phenolic OH excluding ortho intramolecular Hbond substituents is 1. The van der Waals surface area contributed by atoms with Crippen LogP contribution in [0.4, 0.5) is 5.69 Å². The third-order valence-corrected chi connectivity index (χ3v) is 6.25. The fourth-order valence-electron chi connectivity index (χ4n) is 4.15. The number of amides is 1. The number of nitrogens with one attached hydrogen (secondary N) is 1. The Hall–Kier alpha value is -3.61. The highest BCUT2D eigenvalue weighted by molar-refractivity contribution is 6.48. The highest BCUT2D eigenvalue weighted by Gasteiger charge is 2.37. The molecule has 0 saturated heterocycles. The molecule has 174 valence electrons. The summed E-state index contributed by atoms with van der Waals surface area (Å²) in [6.07, 6.45) is 3.49. The van der Waals surface area contributed by atoms with Gasteiger partial charge in [-0.05, 0) is 53.0 Å². The van der Waals surface area contributed by atoms with E-state index >= 15 is 0 Å². The molecular formula is C26H30N2O5. The first kappa shape index (κ1) is 24.0. The summed E-state index contributed by atoms with van der Waals surface area (Å²) in [6.45, 7) is 12.2. The van der Waals surface area contributed by atoms with Crippen molar-refractivity contribution >= 4 is 23.3 Å². The number of carbonyl (C=O) groups is 2. The summed E-state index contributed by atoms with van der Waals surface area (Å²) in [6, 6.07) is 9.73. The zero-order chi connectivity index (χ0) is 24.4. The lowest BCUT2D eigenvalue weighted by atomic mass is 9.63. The van der Waals surface area contributed by atoms with Gasteiger partial charge < -0.3 is 20.4 Å². The fourth-order valence-corrected chi connectivity index (χ4v) is 4.15. The normalized spacial score (nSPS) is 16.4. The van der Waals surface area contributed by atoms with Crippen LogP contribution in [0.15, 0.2) is 54.2 Å². The van der Waals surface area contributed by atoms with E-state index in [-0.39, 0.29) is 40.1 Å². The van der Waals surface area contributed by atoms with Gasteiger partial charge in [-0.25, -0.2) is 4.79 Å². The van der Waals surface area contributed by atoms with E-state index < -0.39 is 11.9 Å². The minimum absolute atomic E-state index is 0.0157. The second-order valence-corrected chi connectivity index (χ2v) is 9.55. The summed E-state index contributed by atoms with van der Waals surface area (Å²) in [4.78, 5) is 24.8.